The van der Waals surface area contributed by atoms with Crippen molar-refractivity contribution in [2.75, 3.05) is 71.8 Å². The highest BCUT2D eigenvalue weighted by atomic mass is 32.2. The predicted octanol–water partition coefficient (Wildman–Crippen LogP) is 18.2. The molecule has 600 valence electrons. The fraction of sp³-hybridized carbons (Fsp3) is 0.422. The van der Waals surface area contributed by atoms with E-state index in [0.29, 0.717) is 17.8 Å². The lowest BCUT2D eigenvalue weighted by Gasteiger charge is -2.34. The highest BCUT2D eigenvalue weighted by molar-refractivity contribution is 8.00. The first-order valence-electron chi connectivity index (χ1n) is 38.4. The van der Waals surface area contributed by atoms with Gasteiger partial charge in [-0.2, -0.15) is 11.8 Å². The number of carbonyl (C=O) groups is 5. The fourth-order valence-corrected chi connectivity index (χ4v) is 12.7. The third kappa shape index (κ3) is 26.1. The van der Waals surface area contributed by atoms with Crippen molar-refractivity contribution in [3.8, 4) is 16.9 Å². The Labute approximate surface area is 673 Å². The number of likely N-dealkylation sites (tertiary alicyclic amines) is 2. The molecule has 1 atom stereocenters. The van der Waals surface area contributed by atoms with Gasteiger partial charge in [0.05, 0.1) is 24.2 Å². The molecule has 2 heterocycles. The molecule has 10 rings (SSSR count). The van der Waals surface area contributed by atoms with Crippen LogP contribution in [-0.2, 0) is 52.9 Å². The molecule has 0 saturated carbocycles. The van der Waals surface area contributed by atoms with Crippen LogP contribution in [0.15, 0.2) is 220 Å². The van der Waals surface area contributed by atoms with E-state index in [4.69, 9.17) is 33.7 Å². The van der Waals surface area contributed by atoms with E-state index in [9.17, 15) is 24.0 Å². The van der Waals surface area contributed by atoms with Crippen LogP contribution in [0.4, 0.5) is 0 Å². The van der Waals surface area contributed by atoms with E-state index in [0.717, 1.165) is 163 Å². The van der Waals surface area contributed by atoms with Gasteiger partial charge >= 0.3 is 29.8 Å². The summed E-state index contributed by atoms with van der Waals surface area (Å²) >= 11 is 3.20. The van der Waals surface area contributed by atoms with Gasteiger partial charge in [-0.05, 0) is 217 Å². The van der Waals surface area contributed by atoms with Gasteiger partial charge in [0.1, 0.15) is 38.5 Å². The van der Waals surface area contributed by atoms with Crippen molar-refractivity contribution < 1.29 is 57.6 Å². The third-order valence-corrected chi connectivity index (χ3v) is 21.9. The molecule has 2 fully saturated rings. The van der Waals surface area contributed by atoms with Gasteiger partial charge in [-0.1, -0.05) is 230 Å². The lowest BCUT2D eigenvalue weighted by molar-refractivity contribution is -0.165. The molecule has 0 radical (unpaired) electrons. The van der Waals surface area contributed by atoms with Gasteiger partial charge in [0.25, 0.3) is 0 Å². The number of hydrogen-bond donors (Lipinski definition) is 0. The summed E-state index contributed by atoms with van der Waals surface area (Å²) in [6, 6.07) is 62.7. The average molecular weight is 1570 g/mol. The maximum absolute atomic E-state index is 12.7. The van der Waals surface area contributed by atoms with Gasteiger partial charge in [-0.15, -0.1) is 11.8 Å². The Morgan fingerprint density at radius 2 is 0.866 bits per heavy atom. The van der Waals surface area contributed by atoms with Crippen LogP contribution in [0.2, 0.25) is 0 Å². The first-order valence-corrected chi connectivity index (χ1v) is 41.1. The standard InChI is InChI=1S/C21H22N2O2.C21H26N2O2.C18H26N2O3.C15H21NO3.C15H21NO2S2/c1-21(2,23-13-7-8-14-23)20(24)25-22-19-17-11-5-3-9-15(17)16-10-4-6-12-18(16)19;1-5-23(6-2)21(3,4)20(24)25-22-19(17-13-9-7-10-14-17)18-15-11-8-12-16-18;1-5-18(3,20-12-6-7-13-20)17(21)23-19-14(2)15-8-10-16(22-4)11-9-15;1-5-9-13(12-10-7-6-8-11-12)16-19-14(17)15(2,3)18-4;1-15(2,20-4)14(17)18-16-13(10-11-19-3)12-8-6-5-7-9-12/h3-6,9-12H,7-8,13-14H2,1-2H3;7-16H,5-6H2,1-4H3;8-11H,5-7,12-13H2,1-4H3;6-8,10-11H,5,9H2,1-4H3;5-9H,10-11H2,1-4H3/b;;19-14+;2*16-13+. The van der Waals surface area contributed by atoms with Crippen molar-refractivity contribution in [1.82, 2.24) is 14.7 Å². The van der Waals surface area contributed by atoms with Crippen LogP contribution < -0.4 is 4.74 Å². The molecule has 0 bridgehead atoms. The first-order chi connectivity index (χ1) is 53.6. The van der Waals surface area contributed by atoms with Crippen LogP contribution in [0.3, 0.4) is 0 Å². The summed E-state index contributed by atoms with van der Waals surface area (Å²) < 4.78 is 9.61. The molecule has 7 aromatic rings. The first kappa shape index (κ1) is 91.5. The van der Waals surface area contributed by atoms with Gasteiger partial charge in [0, 0.05) is 35.8 Å². The van der Waals surface area contributed by atoms with Gasteiger partial charge in [-0.25, -0.2) is 24.0 Å². The van der Waals surface area contributed by atoms with Gasteiger partial charge in [-0.3, -0.25) is 14.7 Å². The quantitative estimate of drug-likeness (QED) is 0.0241. The molecule has 20 nitrogen and oxygen atoms in total. The van der Waals surface area contributed by atoms with Crippen LogP contribution in [0.25, 0.3) is 11.1 Å². The Balaban J connectivity index is 0.000000219. The highest BCUT2D eigenvalue weighted by Gasteiger charge is 2.42. The van der Waals surface area contributed by atoms with Crippen molar-refractivity contribution in [3.05, 3.63) is 233 Å². The lowest BCUT2D eigenvalue weighted by atomic mass is 9.97. The molecule has 0 aromatic heterocycles. The van der Waals surface area contributed by atoms with Gasteiger partial charge < -0.3 is 33.7 Å². The molecule has 1 unspecified atom stereocenters. The maximum atomic E-state index is 12.7. The smallest absolute Gasteiger partial charge is 0.365 e. The number of oxime groups is 5. The highest BCUT2D eigenvalue weighted by Crippen LogP contribution is 2.37. The van der Waals surface area contributed by atoms with Crippen LogP contribution in [0, 0.1) is 0 Å². The summed E-state index contributed by atoms with van der Waals surface area (Å²) in [6.45, 7) is 31.7. The minimum Gasteiger partial charge on any atom is -0.497 e. The summed E-state index contributed by atoms with van der Waals surface area (Å²) in [5.74, 6) is -0.0377. The van der Waals surface area contributed by atoms with E-state index in [1.165, 1.54) is 18.9 Å². The largest absolute Gasteiger partial charge is 0.497 e. The van der Waals surface area contributed by atoms with Crippen molar-refractivity contribution in [1.29, 1.82) is 0 Å². The molecular weight excluding hydrogens is 1450 g/mol. The van der Waals surface area contributed by atoms with Crippen molar-refractivity contribution in [2.24, 2.45) is 25.8 Å². The second kappa shape index (κ2) is 45.3. The number of likely N-dealkylation sites (N-methyl/N-ethyl adjacent to an activating group) is 1. The van der Waals surface area contributed by atoms with Crippen LogP contribution in [-0.4, -0.2) is 172 Å². The summed E-state index contributed by atoms with van der Waals surface area (Å²) in [5, 5.41) is 20.6. The maximum Gasteiger partial charge on any atom is 0.365 e. The molecule has 22 heteroatoms. The number of benzene rings is 7. The molecule has 0 spiro atoms. The summed E-state index contributed by atoms with van der Waals surface area (Å²) in [6.07, 6.45) is 11.6. The van der Waals surface area contributed by atoms with E-state index >= 15 is 0 Å². The van der Waals surface area contributed by atoms with E-state index in [2.05, 4.69) is 59.5 Å². The number of thioether (sulfide) groups is 2. The fourth-order valence-electron chi connectivity index (χ4n) is 12.1. The third-order valence-electron chi connectivity index (χ3n) is 20.1. The zero-order chi connectivity index (χ0) is 81.9. The zero-order valence-electron chi connectivity index (χ0n) is 68.9. The number of hydrogen-bond acceptors (Lipinski definition) is 22. The van der Waals surface area contributed by atoms with Crippen molar-refractivity contribution in [2.45, 2.75) is 175 Å². The number of fused-ring (bicyclic) bond motifs is 3. The number of nitrogens with zero attached hydrogens (tertiary/aromatic N) is 8. The summed E-state index contributed by atoms with van der Waals surface area (Å²) in [4.78, 5) is 94.1. The van der Waals surface area contributed by atoms with Gasteiger partial charge in [0.2, 0.25) is 0 Å². The summed E-state index contributed by atoms with van der Waals surface area (Å²) in [5.41, 5.74) is 9.60. The minimum absolute atomic E-state index is 0.283. The topological polar surface area (TPSA) is 221 Å². The molecule has 3 aliphatic rings. The summed E-state index contributed by atoms with van der Waals surface area (Å²) in [7, 11) is 3.09. The molecule has 1 aliphatic carbocycles. The second-order valence-corrected chi connectivity index (χ2v) is 31.5. The Kier molecular flexibility index (Phi) is 37.0. The molecule has 2 aliphatic heterocycles. The normalized spacial score (nSPS) is 14.3. The van der Waals surface area contributed by atoms with E-state index < -0.39 is 32.9 Å². The lowest BCUT2D eigenvalue weighted by Crippen LogP contribution is -2.51. The number of methoxy groups -OCH3 is 2. The van der Waals surface area contributed by atoms with Gasteiger partial charge in [0.15, 0.2) is 5.60 Å². The van der Waals surface area contributed by atoms with Crippen LogP contribution >= 0.6 is 23.5 Å². The molecule has 0 N–H and O–H groups in total. The minimum atomic E-state index is -0.989. The molecule has 0 amide bonds. The number of carbonyl (C=O) groups excluding carboxylic acids is 5. The van der Waals surface area contributed by atoms with E-state index in [-0.39, 0.29) is 23.9 Å². The van der Waals surface area contributed by atoms with Crippen LogP contribution in [0.1, 0.15) is 187 Å². The SMILES string of the molecule is CC(C)(C(=O)ON=C1c2ccccc2-c2ccccc21)N1CCCC1.CCC(C)(C(=O)O/N=C(\C)c1ccc(OC)cc1)N1CCCC1.CCC/C(=N\OC(=O)C(C)(C)OC)c1ccccc1.CCN(CC)C(C)(C)C(=O)ON=C(c1ccccc1)c1ccccc1.CSCC/C(=N\OC(=O)C(C)(C)SC)c1ccccc1. The van der Waals surface area contributed by atoms with E-state index in [1.807, 2.05) is 271 Å². The molecule has 2 saturated heterocycles. The Hall–Kier alpha value is -9.42. The zero-order valence-corrected chi connectivity index (χ0v) is 70.5. The Morgan fingerprint density at radius 1 is 0.446 bits per heavy atom. The number of ether oxygens (including phenoxy) is 2. The van der Waals surface area contributed by atoms with Crippen molar-refractivity contribution >= 4 is 81.9 Å². The Bertz CT molecular complexity index is 4150. The number of rotatable bonds is 29. The van der Waals surface area contributed by atoms with E-state index in [1.54, 1.807) is 32.7 Å². The predicted molar refractivity (Wildman–Crippen MR) is 456 cm³/mol. The molecular formula is C90H116N8O12S2. The Morgan fingerprint density at radius 3 is 1.29 bits per heavy atom. The average Bonchev–Trinajstić information content (AvgIpc) is 1.61. The van der Waals surface area contributed by atoms with Crippen LogP contribution in [0.5, 0.6) is 5.75 Å². The monoisotopic (exact) mass is 1560 g/mol. The molecule has 7 aromatic carbocycles. The second-order valence-electron chi connectivity index (χ2n) is 29.0. The van der Waals surface area contributed by atoms with Crippen molar-refractivity contribution in [3.63, 3.8) is 0 Å². The molecule has 112 heavy (non-hydrogen) atoms.